The third kappa shape index (κ3) is 3.16. The minimum atomic E-state index is 0.612. The average molecular weight is 290 g/mol. The molecule has 1 aromatic carbocycles. The average Bonchev–Trinajstić information content (AvgIpc) is 2.96. The van der Waals surface area contributed by atoms with E-state index in [-0.39, 0.29) is 0 Å². The number of piperidine rings is 1. The van der Waals surface area contributed by atoms with Crippen LogP contribution in [0, 0.1) is 0 Å². The monoisotopic (exact) mass is 290 g/mol. The van der Waals surface area contributed by atoms with Crippen molar-refractivity contribution in [3.63, 3.8) is 0 Å². The molecule has 4 nitrogen and oxygen atoms in total. The van der Waals surface area contributed by atoms with Crippen molar-refractivity contribution in [2.24, 2.45) is 0 Å². The molecular formula is C17H26N2O2. The number of hydrogen-bond acceptors (Lipinski definition) is 4. The van der Waals surface area contributed by atoms with Gasteiger partial charge in [0.05, 0.1) is 14.2 Å². The summed E-state index contributed by atoms with van der Waals surface area (Å²) in [5, 5.41) is 3.75. The van der Waals surface area contributed by atoms with Gasteiger partial charge in [0, 0.05) is 30.7 Å². The summed E-state index contributed by atoms with van der Waals surface area (Å²) in [4.78, 5) is 2.66. The predicted molar refractivity (Wildman–Crippen MR) is 84.0 cm³/mol. The molecule has 2 unspecified atom stereocenters. The molecule has 21 heavy (non-hydrogen) atoms. The highest BCUT2D eigenvalue weighted by Gasteiger charge is 2.34. The molecule has 0 amide bonds. The van der Waals surface area contributed by atoms with Crippen LogP contribution in [0.1, 0.15) is 31.2 Å². The third-order valence-corrected chi connectivity index (χ3v) is 4.90. The van der Waals surface area contributed by atoms with Gasteiger partial charge >= 0.3 is 0 Å². The first kappa shape index (κ1) is 14.7. The minimum absolute atomic E-state index is 0.612. The van der Waals surface area contributed by atoms with Crippen LogP contribution in [-0.2, 0) is 6.54 Å². The van der Waals surface area contributed by atoms with Crippen LogP contribution in [0.25, 0.3) is 0 Å². The maximum atomic E-state index is 5.46. The van der Waals surface area contributed by atoms with Crippen LogP contribution in [-0.4, -0.2) is 44.3 Å². The lowest BCUT2D eigenvalue weighted by Crippen LogP contribution is -2.44. The summed E-state index contributed by atoms with van der Waals surface area (Å²) in [6.45, 7) is 3.37. The Balaban J connectivity index is 1.64. The molecule has 2 fully saturated rings. The molecule has 2 heterocycles. The molecule has 4 heteroatoms. The Hall–Kier alpha value is -1.26. The van der Waals surface area contributed by atoms with Crippen molar-refractivity contribution < 1.29 is 9.47 Å². The van der Waals surface area contributed by atoms with Gasteiger partial charge in [-0.25, -0.2) is 0 Å². The molecule has 1 aromatic rings. The molecule has 0 saturated carbocycles. The molecule has 2 aliphatic rings. The zero-order valence-electron chi connectivity index (χ0n) is 13.1. The number of methoxy groups -OCH3 is 2. The van der Waals surface area contributed by atoms with Crippen LogP contribution in [0.15, 0.2) is 18.2 Å². The zero-order valence-corrected chi connectivity index (χ0v) is 13.1. The predicted octanol–water partition coefficient (Wildman–Crippen LogP) is 2.42. The number of rotatable bonds is 5. The Morgan fingerprint density at radius 2 is 2.05 bits per heavy atom. The molecule has 2 saturated heterocycles. The fourth-order valence-corrected chi connectivity index (χ4v) is 3.75. The summed E-state index contributed by atoms with van der Waals surface area (Å²) in [5.41, 5.74) is 1.17. The summed E-state index contributed by atoms with van der Waals surface area (Å²) in [7, 11) is 3.43. The molecular weight excluding hydrogens is 264 g/mol. The van der Waals surface area contributed by atoms with Crippen molar-refractivity contribution >= 4 is 0 Å². The van der Waals surface area contributed by atoms with Crippen LogP contribution in [0.3, 0.4) is 0 Å². The Labute approximate surface area is 127 Å². The van der Waals surface area contributed by atoms with E-state index in [1.807, 2.05) is 12.1 Å². The highest BCUT2D eigenvalue weighted by Crippen LogP contribution is 2.28. The lowest BCUT2D eigenvalue weighted by atomic mass is 9.99. The molecule has 1 N–H and O–H groups in total. The van der Waals surface area contributed by atoms with Gasteiger partial charge in [-0.1, -0.05) is 6.42 Å². The number of ether oxygens (including phenoxy) is 2. The zero-order chi connectivity index (χ0) is 14.7. The summed E-state index contributed by atoms with van der Waals surface area (Å²) in [5.74, 6) is 1.82. The van der Waals surface area contributed by atoms with Crippen LogP contribution in [0.5, 0.6) is 11.5 Å². The molecule has 0 radical (unpaired) electrons. The van der Waals surface area contributed by atoms with Crippen molar-refractivity contribution in [3.8, 4) is 11.5 Å². The maximum Gasteiger partial charge on any atom is 0.123 e. The van der Waals surface area contributed by atoms with Crippen molar-refractivity contribution in [3.05, 3.63) is 23.8 Å². The van der Waals surface area contributed by atoms with E-state index < -0.39 is 0 Å². The number of fused-ring (bicyclic) bond motifs is 1. The Morgan fingerprint density at radius 3 is 2.86 bits per heavy atom. The molecule has 0 aromatic heterocycles. The van der Waals surface area contributed by atoms with Crippen molar-refractivity contribution in [1.29, 1.82) is 0 Å². The van der Waals surface area contributed by atoms with Gasteiger partial charge in [-0.2, -0.15) is 0 Å². The molecule has 2 atom stereocenters. The maximum absolute atomic E-state index is 5.46. The number of nitrogens with zero attached hydrogens (tertiary/aromatic N) is 1. The Bertz CT molecular complexity index is 478. The van der Waals surface area contributed by atoms with Crippen LogP contribution < -0.4 is 14.8 Å². The van der Waals surface area contributed by atoms with Crippen LogP contribution in [0.2, 0.25) is 0 Å². The van der Waals surface area contributed by atoms with Crippen molar-refractivity contribution in [2.75, 3.05) is 27.3 Å². The lowest BCUT2D eigenvalue weighted by Gasteiger charge is -2.32. The number of hydrogen-bond donors (Lipinski definition) is 1. The molecule has 0 spiro atoms. The Kier molecular flexibility index (Phi) is 4.66. The second kappa shape index (κ2) is 6.67. The first-order valence-corrected chi connectivity index (χ1v) is 8.00. The van der Waals surface area contributed by atoms with Crippen molar-refractivity contribution in [1.82, 2.24) is 10.2 Å². The van der Waals surface area contributed by atoms with Crippen molar-refractivity contribution in [2.45, 2.75) is 44.3 Å². The van der Waals surface area contributed by atoms with E-state index in [9.17, 15) is 0 Å². The summed E-state index contributed by atoms with van der Waals surface area (Å²) in [6, 6.07) is 7.34. The largest absolute Gasteiger partial charge is 0.497 e. The second-order valence-electron chi connectivity index (χ2n) is 6.05. The van der Waals surface area contributed by atoms with Crippen LogP contribution in [0.4, 0.5) is 0 Å². The van der Waals surface area contributed by atoms with Crippen LogP contribution >= 0.6 is 0 Å². The smallest absolute Gasteiger partial charge is 0.123 e. The van der Waals surface area contributed by atoms with E-state index >= 15 is 0 Å². The molecule has 3 rings (SSSR count). The van der Waals surface area contributed by atoms with E-state index in [1.165, 1.54) is 44.3 Å². The van der Waals surface area contributed by atoms with Gasteiger partial charge in [0.1, 0.15) is 11.5 Å². The van der Waals surface area contributed by atoms with E-state index in [2.05, 4.69) is 16.3 Å². The highest BCUT2D eigenvalue weighted by atomic mass is 16.5. The van der Waals surface area contributed by atoms with Gasteiger partial charge < -0.3 is 14.8 Å². The van der Waals surface area contributed by atoms with E-state index in [1.54, 1.807) is 14.2 Å². The van der Waals surface area contributed by atoms with Gasteiger partial charge in [0.25, 0.3) is 0 Å². The first-order valence-electron chi connectivity index (χ1n) is 8.00. The molecule has 0 aliphatic carbocycles. The van der Waals surface area contributed by atoms with Gasteiger partial charge in [0.15, 0.2) is 0 Å². The summed E-state index contributed by atoms with van der Waals surface area (Å²) < 4.78 is 10.8. The van der Waals surface area contributed by atoms with E-state index in [0.717, 1.165) is 24.1 Å². The minimum Gasteiger partial charge on any atom is -0.497 e. The quantitative estimate of drug-likeness (QED) is 0.903. The fraction of sp³-hybridized carbons (Fsp3) is 0.647. The highest BCUT2D eigenvalue weighted by molar-refractivity contribution is 5.40. The summed E-state index contributed by atoms with van der Waals surface area (Å²) in [6.07, 6.45) is 5.35. The molecule has 0 bridgehead atoms. The molecule has 2 aliphatic heterocycles. The van der Waals surface area contributed by atoms with E-state index in [4.69, 9.17) is 9.47 Å². The Morgan fingerprint density at radius 1 is 1.14 bits per heavy atom. The molecule has 116 valence electrons. The second-order valence-corrected chi connectivity index (χ2v) is 6.05. The van der Waals surface area contributed by atoms with Gasteiger partial charge in [-0.15, -0.1) is 0 Å². The normalized spacial score (nSPS) is 25.6. The standard InChI is InChI=1S/C17H26N2O2/c1-20-14-6-7-17(21-2)13(11-14)12-18-15-8-10-19-9-4-3-5-16(15)19/h6-7,11,15-16,18H,3-5,8-10,12H2,1-2H3. The fourth-order valence-electron chi connectivity index (χ4n) is 3.75. The SMILES string of the molecule is COc1ccc(OC)c(CNC2CCN3CCCCC23)c1. The topological polar surface area (TPSA) is 33.7 Å². The third-order valence-electron chi connectivity index (χ3n) is 4.90. The lowest BCUT2D eigenvalue weighted by molar-refractivity contribution is 0.180. The van der Waals surface area contributed by atoms with E-state index in [0.29, 0.717) is 6.04 Å². The number of benzene rings is 1. The van der Waals surface area contributed by atoms with Gasteiger partial charge in [-0.3, -0.25) is 4.90 Å². The summed E-state index contributed by atoms with van der Waals surface area (Å²) >= 11 is 0. The van der Waals surface area contributed by atoms with Gasteiger partial charge in [-0.05, 0) is 44.0 Å². The number of nitrogens with one attached hydrogen (secondary N) is 1. The first-order chi connectivity index (χ1) is 10.3. The van der Waals surface area contributed by atoms with Gasteiger partial charge in [0.2, 0.25) is 0 Å².